The molecule has 0 aliphatic heterocycles. The lowest BCUT2D eigenvalue weighted by atomic mass is 9.52. The molecule has 28 heavy (non-hydrogen) atoms. The van der Waals surface area contributed by atoms with E-state index in [1.165, 1.54) is 6.20 Å². The average molecular weight is 379 g/mol. The van der Waals surface area contributed by atoms with E-state index in [1.807, 2.05) is 24.3 Å². The molecule has 0 saturated heterocycles. The smallest absolute Gasteiger partial charge is 0.252 e. The molecule has 6 rings (SSSR count). The van der Waals surface area contributed by atoms with Crippen molar-refractivity contribution < 1.29 is 9.90 Å². The highest BCUT2D eigenvalue weighted by Gasteiger charge is 2.54. The second-order valence-corrected chi connectivity index (χ2v) is 8.68. The third-order valence-electron chi connectivity index (χ3n) is 6.65. The molecule has 5 N–H and O–H groups in total. The molecule has 146 valence electrons. The van der Waals surface area contributed by atoms with Gasteiger partial charge in [-0.05, 0) is 62.0 Å². The van der Waals surface area contributed by atoms with Gasteiger partial charge in [-0.3, -0.25) is 4.79 Å². The Morgan fingerprint density at radius 1 is 1.14 bits per heavy atom. The lowest BCUT2D eigenvalue weighted by Crippen LogP contribution is -2.59. The molecule has 7 nitrogen and oxygen atoms in total. The number of pyridine rings is 2. The fourth-order valence-corrected chi connectivity index (χ4v) is 5.80. The van der Waals surface area contributed by atoms with Crippen LogP contribution in [0.1, 0.15) is 42.5 Å². The summed E-state index contributed by atoms with van der Waals surface area (Å²) in [5.41, 5.74) is 6.20. The lowest BCUT2D eigenvalue weighted by molar-refractivity contribution is -0.129. The Morgan fingerprint density at radius 2 is 1.93 bits per heavy atom. The molecule has 7 heteroatoms. The van der Waals surface area contributed by atoms with Crippen molar-refractivity contribution in [2.75, 3.05) is 10.6 Å². The number of nitrogens with two attached hydrogens (primary N) is 1. The molecule has 2 aromatic rings. The summed E-state index contributed by atoms with van der Waals surface area (Å²) in [7, 11) is 0. The molecule has 4 fully saturated rings. The Kier molecular flexibility index (Phi) is 4.01. The highest BCUT2D eigenvalue weighted by molar-refractivity contribution is 5.98. The van der Waals surface area contributed by atoms with Crippen LogP contribution in [0.2, 0.25) is 0 Å². The molecule has 4 bridgehead atoms. The molecule has 0 radical (unpaired) electrons. The summed E-state index contributed by atoms with van der Waals surface area (Å²) in [6.07, 6.45) is 8.14. The first-order valence-corrected chi connectivity index (χ1v) is 9.96. The van der Waals surface area contributed by atoms with Crippen molar-refractivity contribution >= 4 is 23.2 Å². The Balaban J connectivity index is 1.42. The average Bonchev–Trinajstić information content (AvgIpc) is 2.64. The van der Waals surface area contributed by atoms with Gasteiger partial charge in [-0.15, -0.1) is 0 Å². The molecule has 0 spiro atoms. The van der Waals surface area contributed by atoms with Crippen LogP contribution >= 0.6 is 0 Å². The number of aromatic nitrogens is 2. The summed E-state index contributed by atoms with van der Waals surface area (Å²) in [5.74, 6) is 2.28. The van der Waals surface area contributed by atoms with Gasteiger partial charge in [0.15, 0.2) is 0 Å². The van der Waals surface area contributed by atoms with Gasteiger partial charge in [-0.1, -0.05) is 6.07 Å². The van der Waals surface area contributed by atoms with Crippen LogP contribution in [0.25, 0.3) is 0 Å². The van der Waals surface area contributed by atoms with Gasteiger partial charge >= 0.3 is 0 Å². The van der Waals surface area contributed by atoms with Gasteiger partial charge in [0.05, 0.1) is 16.9 Å². The zero-order chi connectivity index (χ0) is 19.3. The number of carbonyl (C=O) groups is 1. The van der Waals surface area contributed by atoms with Gasteiger partial charge in [0.25, 0.3) is 5.91 Å². The molecular formula is C21H25N5O2. The fourth-order valence-electron chi connectivity index (χ4n) is 5.80. The van der Waals surface area contributed by atoms with Crippen LogP contribution in [0, 0.1) is 17.8 Å². The van der Waals surface area contributed by atoms with Crippen molar-refractivity contribution in [3.63, 3.8) is 0 Å². The summed E-state index contributed by atoms with van der Waals surface area (Å²) < 4.78 is 0. The maximum Gasteiger partial charge on any atom is 0.252 e. The Labute approximate surface area is 163 Å². The number of rotatable bonds is 5. The van der Waals surface area contributed by atoms with Crippen LogP contribution in [-0.2, 0) is 0 Å². The molecule has 2 heterocycles. The minimum Gasteiger partial charge on any atom is -0.390 e. The number of primary amides is 1. The third-order valence-corrected chi connectivity index (χ3v) is 6.65. The first-order chi connectivity index (χ1) is 13.5. The molecule has 4 saturated carbocycles. The normalized spacial score (nSPS) is 32.9. The number of anilines is 3. The topological polar surface area (TPSA) is 113 Å². The number of amides is 1. The SMILES string of the molecule is NC(=O)c1cnc(Nc2ccccn2)cc1N[C@@H]1[C@@H]2CC3C[C@H]1C[C@@](O)(C3)C2. The van der Waals surface area contributed by atoms with E-state index in [4.69, 9.17) is 5.73 Å². The van der Waals surface area contributed by atoms with Gasteiger partial charge in [0.1, 0.15) is 11.6 Å². The van der Waals surface area contributed by atoms with Crippen LogP contribution < -0.4 is 16.4 Å². The van der Waals surface area contributed by atoms with Gasteiger partial charge in [0, 0.05) is 24.5 Å². The van der Waals surface area contributed by atoms with Crippen molar-refractivity contribution in [1.82, 2.24) is 9.97 Å². The summed E-state index contributed by atoms with van der Waals surface area (Å²) in [6, 6.07) is 7.68. The van der Waals surface area contributed by atoms with Crippen molar-refractivity contribution in [2.24, 2.45) is 23.5 Å². The number of hydrogen-bond acceptors (Lipinski definition) is 6. The van der Waals surface area contributed by atoms with E-state index in [0.29, 0.717) is 40.6 Å². The lowest BCUT2D eigenvalue weighted by Gasteiger charge is -2.58. The number of hydrogen-bond donors (Lipinski definition) is 4. The van der Waals surface area contributed by atoms with E-state index in [0.717, 1.165) is 32.1 Å². The summed E-state index contributed by atoms with van der Waals surface area (Å²) >= 11 is 0. The summed E-state index contributed by atoms with van der Waals surface area (Å²) in [4.78, 5) is 20.5. The van der Waals surface area contributed by atoms with E-state index in [1.54, 1.807) is 6.20 Å². The molecule has 4 aliphatic carbocycles. The number of aliphatic hydroxyl groups is 1. The minimum absolute atomic E-state index is 0.250. The zero-order valence-electron chi connectivity index (χ0n) is 15.6. The van der Waals surface area contributed by atoms with Crippen LogP contribution in [0.5, 0.6) is 0 Å². The molecule has 4 aliphatic rings. The summed E-state index contributed by atoms with van der Waals surface area (Å²) in [5, 5.41) is 17.6. The molecule has 0 aromatic carbocycles. The predicted octanol–water partition coefficient (Wildman–Crippen LogP) is 2.67. The van der Waals surface area contributed by atoms with Crippen molar-refractivity contribution in [3.8, 4) is 0 Å². The third kappa shape index (κ3) is 3.09. The molecular weight excluding hydrogens is 354 g/mol. The van der Waals surface area contributed by atoms with Crippen LogP contribution in [-0.4, -0.2) is 32.6 Å². The fraction of sp³-hybridized carbons (Fsp3) is 0.476. The summed E-state index contributed by atoms with van der Waals surface area (Å²) in [6.45, 7) is 0. The van der Waals surface area contributed by atoms with Gasteiger partial charge in [0.2, 0.25) is 0 Å². The predicted molar refractivity (Wildman–Crippen MR) is 106 cm³/mol. The second-order valence-electron chi connectivity index (χ2n) is 8.68. The quantitative estimate of drug-likeness (QED) is 0.635. The number of nitrogens with one attached hydrogen (secondary N) is 2. The molecule has 5 atom stereocenters. The zero-order valence-corrected chi connectivity index (χ0v) is 15.6. The van der Waals surface area contributed by atoms with Crippen LogP contribution in [0.3, 0.4) is 0 Å². The molecule has 1 unspecified atom stereocenters. The van der Waals surface area contributed by atoms with Crippen LogP contribution in [0.15, 0.2) is 36.7 Å². The standard InChI is InChI=1S/C21H25N5O2/c22-20(27)15-11-24-18(26-17-3-1-2-4-23-17)7-16(15)25-19-13-5-12-6-14(19)10-21(28,8-12)9-13/h1-4,7,11-14,19,28H,5-6,8-10H2,(H2,22,27)(H2,23,24,25,26)/t12?,13-,14+,19-,21-. The Morgan fingerprint density at radius 3 is 2.57 bits per heavy atom. The largest absolute Gasteiger partial charge is 0.390 e. The number of carbonyl (C=O) groups excluding carboxylic acids is 1. The maximum absolute atomic E-state index is 12.0. The van der Waals surface area contributed by atoms with E-state index >= 15 is 0 Å². The first-order valence-electron chi connectivity index (χ1n) is 9.96. The Hall–Kier alpha value is -2.67. The van der Waals surface area contributed by atoms with Crippen LogP contribution in [0.4, 0.5) is 17.3 Å². The van der Waals surface area contributed by atoms with Crippen molar-refractivity contribution in [1.29, 1.82) is 0 Å². The van der Waals surface area contributed by atoms with Gasteiger partial charge in [-0.2, -0.15) is 0 Å². The first kappa shape index (κ1) is 17.4. The van der Waals surface area contributed by atoms with E-state index in [2.05, 4.69) is 20.6 Å². The highest BCUT2D eigenvalue weighted by Crippen LogP contribution is 2.56. The van der Waals surface area contributed by atoms with E-state index in [9.17, 15) is 9.90 Å². The van der Waals surface area contributed by atoms with Gasteiger partial charge in [-0.25, -0.2) is 9.97 Å². The number of nitrogens with zero attached hydrogens (tertiary/aromatic N) is 2. The molecule has 2 aromatic heterocycles. The van der Waals surface area contributed by atoms with E-state index in [-0.39, 0.29) is 6.04 Å². The molecule has 1 amide bonds. The highest BCUT2D eigenvalue weighted by atomic mass is 16.3. The van der Waals surface area contributed by atoms with Crippen molar-refractivity contribution in [3.05, 3.63) is 42.2 Å². The Bertz CT molecular complexity index is 887. The van der Waals surface area contributed by atoms with Gasteiger partial charge < -0.3 is 21.5 Å². The second kappa shape index (κ2) is 6.44. The minimum atomic E-state index is -0.498. The monoisotopic (exact) mass is 379 g/mol. The van der Waals surface area contributed by atoms with E-state index < -0.39 is 11.5 Å². The maximum atomic E-state index is 12.0. The van der Waals surface area contributed by atoms with Crippen molar-refractivity contribution in [2.45, 2.75) is 43.7 Å².